The van der Waals surface area contributed by atoms with Gasteiger partial charge >= 0.3 is 6.36 Å². The first kappa shape index (κ1) is 21.1. The molecule has 0 radical (unpaired) electrons. The van der Waals surface area contributed by atoms with Crippen LogP contribution in [0.1, 0.15) is 0 Å². The van der Waals surface area contributed by atoms with E-state index in [0.29, 0.717) is 5.02 Å². The lowest BCUT2D eigenvalue weighted by atomic mass is 10.2. The van der Waals surface area contributed by atoms with Gasteiger partial charge in [0.05, 0.1) is 18.5 Å². The van der Waals surface area contributed by atoms with Crippen LogP contribution in [0, 0.1) is 0 Å². The lowest BCUT2D eigenvalue weighted by Crippen LogP contribution is -2.48. The average molecular weight is 451 g/mol. The van der Waals surface area contributed by atoms with Crippen molar-refractivity contribution in [1.29, 1.82) is 0 Å². The maximum absolute atomic E-state index is 12.5. The molecule has 156 valence electrons. The zero-order valence-electron chi connectivity index (χ0n) is 14.7. The van der Waals surface area contributed by atoms with Crippen molar-refractivity contribution < 1.29 is 35.9 Å². The van der Waals surface area contributed by atoms with Crippen LogP contribution in [0.2, 0.25) is 5.02 Å². The summed E-state index contributed by atoms with van der Waals surface area (Å²) in [5.41, 5.74) is 0.388. The highest BCUT2D eigenvalue weighted by Crippen LogP contribution is 2.37. The number of nitrogens with one attached hydrogen (secondary N) is 1. The second kappa shape index (κ2) is 7.64. The molecule has 1 amide bonds. The number of ether oxygens (including phenoxy) is 2. The normalized spacial score (nSPS) is 16.6. The van der Waals surface area contributed by atoms with Crippen molar-refractivity contribution >= 4 is 38.9 Å². The standard InChI is InChI=1S/C17H14ClF3N2O5S/c1-29(25,26)23-9-15(27-14-7-2-10(18)8-13(14)23)16(24)22-11-3-5-12(6-4-11)28-17(19,20)21/h2-8,15H,9H2,1H3,(H,22,24)/t15-/m1/s1. The number of hydrogen-bond acceptors (Lipinski definition) is 5. The molecule has 0 saturated carbocycles. The largest absolute Gasteiger partial charge is 0.573 e. The van der Waals surface area contributed by atoms with Gasteiger partial charge in [0.1, 0.15) is 11.5 Å². The Labute approximate surface area is 169 Å². The van der Waals surface area contributed by atoms with E-state index in [1.54, 1.807) is 0 Å². The van der Waals surface area contributed by atoms with Crippen LogP contribution < -0.4 is 19.1 Å². The van der Waals surface area contributed by atoms with E-state index in [2.05, 4.69) is 10.1 Å². The third-order valence-electron chi connectivity index (χ3n) is 3.84. The molecule has 2 aromatic carbocycles. The van der Waals surface area contributed by atoms with E-state index >= 15 is 0 Å². The lowest BCUT2D eigenvalue weighted by molar-refractivity contribution is -0.274. The van der Waals surface area contributed by atoms with Gasteiger partial charge in [-0.1, -0.05) is 11.6 Å². The van der Waals surface area contributed by atoms with Crippen molar-refractivity contribution in [3.05, 3.63) is 47.5 Å². The summed E-state index contributed by atoms with van der Waals surface area (Å²) in [4.78, 5) is 12.5. The van der Waals surface area contributed by atoms with Gasteiger partial charge in [0.15, 0.2) is 6.10 Å². The monoisotopic (exact) mass is 450 g/mol. The Morgan fingerprint density at radius 1 is 1.24 bits per heavy atom. The van der Waals surface area contributed by atoms with Crippen molar-refractivity contribution in [3.8, 4) is 11.5 Å². The minimum Gasteiger partial charge on any atom is -0.476 e. The Kier molecular flexibility index (Phi) is 5.54. The van der Waals surface area contributed by atoms with Gasteiger partial charge < -0.3 is 14.8 Å². The molecule has 1 aliphatic heterocycles. The number of hydrogen-bond donors (Lipinski definition) is 1. The molecule has 0 saturated heterocycles. The van der Waals surface area contributed by atoms with E-state index in [1.165, 1.54) is 30.3 Å². The number of sulfonamides is 1. The van der Waals surface area contributed by atoms with E-state index in [1.807, 2.05) is 0 Å². The molecule has 0 aromatic heterocycles. The van der Waals surface area contributed by atoms with Crippen LogP contribution in [0.4, 0.5) is 24.5 Å². The van der Waals surface area contributed by atoms with E-state index in [9.17, 15) is 26.4 Å². The predicted octanol–water partition coefficient (Wildman–Crippen LogP) is 3.40. The van der Waals surface area contributed by atoms with Gasteiger partial charge in [0, 0.05) is 10.7 Å². The molecule has 29 heavy (non-hydrogen) atoms. The molecule has 1 atom stereocenters. The molecule has 0 bridgehead atoms. The van der Waals surface area contributed by atoms with Gasteiger partial charge in [-0.05, 0) is 42.5 Å². The fraction of sp³-hybridized carbons (Fsp3) is 0.235. The zero-order valence-corrected chi connectivity index (χ0v) is 16.3. The third kappa shape index (κ3) is 5.24. The van der Waals surface area contributed by atoms with Crippen molar-refractivity contribution in [3.63, 3.8) is 0 Å². The van der Waals surface area contributed by atoms with Crippen LogP contribution in [0.25, 0.3) is 0 Å². The first-order valence-corrected chi connectivity index (χ1v) is 10.3. The maximum Gasteiger partial charge on any atom is 0.573 e. The number of carbonyl (C=O) groups excluding carboxylic acids is 1. The topological polar surface area (TPSA) is 84.9 Å². The highest BCUT2D eigenvalue weighted by molar-refractivity contribution is 7.92. The highest BCUT2D eigenvalue weighted by atomic mass is 35.5. The molecule has 1 heterocycles. The molecule has 0 aliphatic carbocycles. The van der Waals surface area contributed by atoms with Gasteiger partial charge in [-0.15, -0.1) is 13.2 Å². The van der Waals surface area contributed by atoms with Gasteiger partial charge in [-0.3, -0.25) is 9.10 Å². The van der Waals surface area contributed by atoms with Crippen molar-refractivity contribution in [1.82, 2.24) is 0 Å². The quantitative estimate of drug-likeness (QED) is 0.771. The van der Waals surface area contributed by atoms with E-state index < -0.39 is 34.1 Å². The number of amides is 1. The Bertz CT molecular complexity index is 1030. The van der Waals surface area contributed by atoms with Crippen LogP contribution in [-0.2, 0) is 14.8 Å². The molecule has 0 unspecified atom stereocenters. The summed E-state index contributed by atoms with van der Waals surface area (Å²) in [6.45, 7) is -0.298. The Balaban J connectivity index is 1.77. The second-order valence-electron chi connectivity index (χ2n) is 6.07. The SMILES string of the molecule is CS(=O)(=O)N1C[C@H](C(=O)Nc2ccc(OC(F)(F)F)cc2)Oc2ccc(Cl)cc21. The summed E-state index contributed by atoms with van der Waals surface area (Å²) in [7, 11) is -3.73. The lowest BCUT2D eigenvalue weighted by Gasteiger charge is -2.34. The summed E-state index contributed by atoms with van der Waals surface area (Å²) in [5, 5.41) is 2.76. The molecular weight excluding hydrogens is 437 g/mol. The summed E-state index contributed by atoms with van der Waals surface area (Å²) in [6, 6.07) is 8.83. The van der Waals surface area contributed by atoms with Crippen LogP contribution in [0.3, 0.4) is 0 Å². The number of rotatable bonds is 4. The molecule has 1 aliphatic rings. The molecule has 0 spiro atoms. The Hall–Kier alpha value is -2.66. The summed E-state index contributed by atoms with van der Waals surface area (Å²) < 4.78 is 71.2. The first-order chi connectivity index (χ1) is 13.4. The van der Waals surface area contributed by atoms with Gasteiger partial charge in [0.2, 0.25) is 10.0 Å². The summed E-state index contributed by atoms with van der Waals surface area (Å²) >= 11 is 5.91. The van der Waals surface area contributed by atoms with E-state index in [-0.39, 0.29) is 23.7 Å². The predicted molar refractivity (Wildman–Crippen MR) is 99.8 cm³/mol. The minimum absolute atomic E-state index is 0.153. The first-order valence-electron chi connectivity index (χ1n) is 8.03. The van der Waals surface area contributed by atoms with Crippen LogP contribution >= 0.6 is 11.6 Å². The molecule has 1 N–H and O–H groups in total. The second-order valence-corrected chi connectivity index (χ2v) is 8.42. The van der Waals surface area contributed by atoms with Gasteiger partial charge in [-0.2, -0.15) is 0 Å². The van der Waals surface area contributed by atoms with Gasteiger partial charge in [0.25, 0.3) is 5.91 Å². The number of halogens is 4. The molecule has 3 rings (SSSR count). The number of benzene rings is 2. The van der Waals surface area contributed by atoms with E-state index in [4.69, 9.17) is 16.3 Å². The summed E-state index contributed by atoms with van der Waals surface area (Å²) in [6.07, 6.45) is -5.03. The average Bonchev–Trinajstić information content (AvgIpc) is 2.60. The number of fused-ring (bicyclic) bond motifs is 1. The third-order valence-corrected chi connectivity index (χ3v) is 5.22. The maximum atomic E-state index is 12.5. The fourth-order valence-corrected chi connectivity index (χ4v) is 3.71. The smallest absolute Gasteiger partial charge is 0.476 e. The number of nitrogens with zero attached hydrogens (tertiary/aromatic N) is 1. The summed E-state index contributed by atoms with van der Waals surface area (Å²) in [5.74, 6) is -0.970. The van der Waals surface area contributed by atoms with Crippen molar-refractivity contribution in [2.45, 2.75) is 12.5 Å². The molecule has 2 aromatic rings. The number of alkyl halides is 3. The highest BCUT2D eigenvalue weighted by Gasteiger charge is 2.35. The van der Waals surface area contributed by atoms with E-state index in [0.717, 1.165) is 22.7 Å². The minimum atomic E-state index is -4.83. The number of carbonyl (C=O) groups is 1. The fourth-order valence-electron chi connectivity index (χ4n) is 2.64. The molecular formula is C17H14ClF3N2O5S. The Morgan fingerprint density at radius 2 is 1.90 bits per heavy atom. The zero-order chi connectivity index (χ0) is 21.4. The van der Waals surface area contributed by atoms with Crippen LogP contribution in [0.5, 0.6) is 11.5 Å². The number of anilines is 2. The van der Waals surface area contributed by atoms with Crippen LogP contribution in [0.15, 0.2) is 42.5 Å². The van der Waals surface area contributed by atoms with Crippen molar-refractivity contribution in [2.24, 2.45) is 0 Å². The van der Waals surface area contributed by atoms with Crippen LogP contribution in [-0.4, -0.2) is 39.6 Å². The van der Waals surface area contributed by atoms with Gasteiger partial charge in [-0.25, -0.2) is 8.42 Å². The molecule has 12 heteroatoms. The van der Waals surface area contributed by atoms with Crippen molar-refractivity contribution in [2.75, 3.05) is 22.4 Å². The molecule has 7 nitrogen and oxygen atoms in total. The Morgan fingerprint density at radius 3 is 2.48 bits per heavy atom. The molecule has 0 fully saturated rings.